The molecule has 3 aromatic rings. The Bertz CT molecular complexity index is 737. The number of rotatable bonds is 4. The van der Waals surface area contributed by atoms with Crippen LogP contribution in [0.3, 0.4) is 0 Å². The fourth-order valence-electron chi connectivity index (χ4n) is 2.50. The fourth-order valence-corrected chi connectivity index (χ4v) is 2.50. The molecule has 0 spiro atoms. The monoisotopic (exact) mass is 289 g/mol. The molecule has 0 atom stereocenters. The number of nitrogens with one attached hydrogen (secondary N) is 1. The third-order valence-electron chi connectivity index (χ3n) is 3.68. The van der Waals surface area contributed by atoms with Crippen molar-refractivity contribution in [3.63, 3.8) is 0 Å². The predicted molar refractivity (Wildman–Crippen MR) is 91.8 cm³/mol. The Labute approximate surface area is 130 Å². The van der Waals surface area contributed by atoms with Gasteiger partial charge >= 0.3 is 0 Å². The molecule has 0 unspecified atom stereocenters. The molecule has 3 heteroatoms. The highest BCUT2D eigenvalue weighted by Gasteiger charge is 2.26. The molecular formula is C19H19N3. The maximum absolute atomic E-state index is 6.45. The van der Waals surface area contributed by atoms with E-state index in [1.807, 2.05) is 84.9 Å². The quantitative estimate of drug-likeness (QED) is 0.644. The molecule has 110 valence electrons. The van der Waals surface area contributed by atoms with Gasteiger partial charge in [0.1, 0.15) is 5.66 Å². The van der Waals surface area contributed by atoms with Crippen LogP contribution in [0.2, 0.25) is 0 Å². The van der Waals surface area contributed by atoms with E-state index >= 15 is 0 Å². The summed E-state index contributed by atoms with van der Waals surface area (Å²) in [5, 5.41) is 3.39. The summed E-state index contributed by atoms with van der Waals surface area (Å²) >= 11 is 0. The van der Waals surface area contributed by atoms with E-state index in [1.165, 1.54) is 0 Å². The number of para-hydroxylation sites is 2. The number of anilines is 2. The first-order valence-corrected chi connectivity index (χ1v) is 7.23. The minimum atomic E-state index is -1.06. The van der Waals surface area contributed by atoms with Crippen LogP contribution in [0.4, 0.5) is 11.4 Å². The van der Waals surface area contributed by atoms with Crippen LogP contribution in [0.15, 0.2) is 84.9 Å². The molecule has 0 saturated heterocycles. The van der Waals surface area contributed by atoms with E-state index in [-0.39, 0.29) is 0 Å². The molecule has 0 heterocycles. The van der Waals surface area contributed by atoms with Crippen molar-refractivity contribution in [1.29, 1.82) is 0 Å². The van der Waals surface area contributed by atoms with Gasteiger partial charge in [-0.2, -0.15) is 0 Å². The molecule has 3 rings (SSSR count). The summed E-state index contributed by atoms with van der Waals surface area (Å²) in [5.74, 6) is 0. The van der Waals surface area contributed by atoms with Gasteiger partial charge in [0.15, 0.2) is 0 Å². The second-order valence-electron chi connectivity index (χ2n) is 5.27. The molecule has 0 aliphatic heterocycles. The molecule has 3 aromatic carbocycles. The summed E-state index contributed by atoms with van der Waals surface area (Å²) in [6.07, 6.45) is 0. The molecule has 5 N–H and O–H groups in total. The maximum Gasteiger partial charge on any atom is 0.118 e. The van der Waals surface area contributed by atoms with Gasteiger partial charge in [0.25, 0.3) is 0 Å². The van der Waals surface area contributed by atoms with Gasteiger partial charge in [0.05, 0.1) is 0 Å². The Hall–Kier alpha value is -2.62. The summed E-state index contributed by atoms with van der Waals surface area (Å²) in [6, 6.07) is 27.6. The van der Waals surface area contributed by atoms with Crippen LogP contribution in [-0.2, 0) is 5.66 Å². The summed E-state index contributed by atoms with van der Waals surface area (Å²) in [5.41, 5.74) is 15.5. The molecular weight excluding hydrogens is 270 g/mol. The Kier molecular flexibility index (Phi) is 3.92. The molecule has 0 aliphatic rings. The molecule has 0 bridgehead atoms. The van der Waals surface area contributed by atoms with Crippen LogP contribution in [-0.4, -0.2) is 0 Å². The minimum absolute atomic E-state index is 0.852. The first-order chi connectivity index (χ1) is 10.7. The van der Waals surface area contributed by atoms with Gasteiger partial charge in [0.2, 0.25) is 0 Å². The van der Waals surface area contributed by atoms with Crippen molar-refractivity contribution in [2.45, 2.75) is 5.66 Å². The van der Waals surface area contributed by atoms with E-state index in [1.54, 1.807) is 0 Å². The average Bonchev–Trinajstić information content (AvgIpc) is 2.57. The Morgan fingerprint density at radius 1 is 0.636 bits per heavy atom. The first kappa shape index (κ1) is 14.3. The zero-order valence-corrected chi connectivity index (χ0v) is 12.2. The smallest absolute Gasteiger partial charge is 0.118 e. The number of hydrogen-bond acceptors (Lipinski definition) is 3. The number of nitrogens with two attached hydrogens (primary N) is 2. The SMILES string of the molecule is NC(N)(c1ccccc1)c1ccccc1Nc1ccccc1. The van der Waals surface area contributed by atoms with Gasteiger partial charge in [-0.25, -0.2) is 0 Å². The average molecular weight is 289 g/mol. The van der Waals surface area contributed by atoms with Crippen LogP contribution in [0.1, 0.15) is 11.1 Å². The van der Waals surface area contributed by atoms with Crippen LogP contribution >= 0.6 is 0 Å². The summed E-state index contributed by atoms with van der Waals surface area (Å²) in [4.78, 5) is 0. The van der Waals surface area contributed by atoms with Crippen molar-refractivity contribution in [2.75, 3.05) is 5.32 Å². The van der Waals surface area contributed by atoms with Crippen LogP contribution in [0.5, 0.6) is 0 Å². The topological polar surface area (TPSA) is 64.1 Å². The van der Waals surface area contributed by atoms with Crippen molar-refractivity contribution >= 4 is 11.4 Å². The van der Waals surface area contributed by atoms with Crippen molar-refractivity contribution < 1.29 is 0 Å². The Morgan fingerprint density at radius 3 is 1.86 bits per heavy atom. The highest BCUT2D eigenvalue weighted by atomic mass is 15.0. The zero-order valence-electron chi connectivity index (χ0n) is 12.2. The summed E-state index contributed by atoms with van der Waals surface area (Å²) < 4.78 is 0. The molecule has 0 amide bonds. The molecule has 0 fully saturated rings. The maximum atomic E-state index is 6.45. The largest absolute Gasteiger partial charge is 0.355 e. The van der Waals surface area contributed by atoms with Gasteiger partial charge in [-0.3, -0.25) is 0 Å². The number of hydrogen-bond donors (Lipinski definition) is 3. The Morgan fingerprint density at radius 2 is 1.18 bits per heavy atom. The normalized spacial score (nSPS) is 11.2. The van der Waals surface area contributed by atoms with E-state index in [9.17, 15) is 0 Å². The predicted octanol–water partition coefficient (Wildman–Crippen LogP) is 3.55. The van der Waals surface area contributed by atoms with Gasteiger partial charge in [-0.15, -0.1) is 0 Å². The van der Waals surface area contributed by atoms with Crippen molar-refractivity contribution in [3.8, 4) is 0 Å². The first-order valence-electron chi connectivity index (χ1n) is 7.23. The van der Waals surface area contributed by atoms with Crippen LogP contribution < -0.4 is 16.8 Å². The van der Waals surface area contributed by atoms with Crippen LogP contribution in [0, 0.1) is 0 Å². The highest BCUT2D eigenvalue weighted by molar-refractivity contribution is 5.65. The van der Waals surface area contributed by atoms with E-state index in [2.05, 4.69) is 5.32 Å². The molecule has 0 aromatic heterocycles. The second-order valence-corrected chi connectivity index (χ2v) is 5.27. The van der Waals surface area contributed by atoms with Gasteiger partial charge < -0.3 is 16.8 Å². The zero-order chi connectivity index (χ0) is 15.4. The molecule has 0 aliphatic carbocycles. The molecule has 22 heavy (non-hydrogen) atoms. The minimum Gasteiger partial charge on any atom is -0.355 e. The van der Waals surface area contributed by atoms with Crippen molar-refractivity contribution in [3.05, 3.63) is 96.1 Å². The summed E-state index contributed by atoms with van der Waals surface area (Å²) in [7, 11) is 0. The third-order valence-corrected chi connectivity index (χ3v) is 3.68. The van der Waals surface area contributed by atoms with Gasteiger partial charge in [-0.1, -0.05) is 66.7 Å². The van der Waals surface area contributed by atoms with Gasteiger partial charge in [-0.05, 0) is 23.8 Å². The summed E-state index contributed by atoms with van der Waals surface area (Å²) in [6.45, 7) is 0. The van der Waals surface area contributed by atoms with Crippen LogP contribution in [0.25, 0.3) is 0 Å². The molecule has 0 radical (unpaired) electrons. The van der Waals surface area contributed by atoms with Crippen molar-refractivity contribution in [2.24, 2.45) is 11.5 Å². The van der Waals surface area contributed by atoms with Gasteiger partial charge in [0, 0.05) is 16.9 Å². The lowest BCUT2D eigenvalue weighted by molar-refractivity contribution is 0.569. The van der Waals surface area contributed by atoms with E-state index in [0.717, 1.165) is 22.5 Å². The lowest BCUT2D eigenvalue weighted by Crippen LogP contribution is -2.47. The van der Waals surface area contributed by atoms with E-state index < -0.39 is 5.66 Å². The van der Waals surface area contributed by atoms with E-state index in [4.69, 9.17) is 11.5 Å². The Balaban J connectivity index is 2.01. The van der Waals surface area contributed by atoms with E-state index in [0.29, 0.717) is 0 Å². The third kappa shape index (κ3) is 2.86. The number of benzene rings is 3. The second kappa shape index (κ2) is 6.02. The standard InChI is InChI=1S/C19H19N3/c20-19(21,15-9-3-1-4-10-15)17-13-7-8-14-18(17)22-16-11-5-2-6-12-16/h1-14,22H,20-21H2. The highest BCUT2D eigenvalue weighted by Crippen LogP contribution is 2.30. The lowest BCUT2D eigenvalue weighted by Gasteiger charge is -2.28. The molecule has 0 saturated carbocycles. The fraction of sp³-hybridized carbons (Fsp3) is 0.0526. The lowest BCUT2D eigenvalue weighted by atomic mass is 9.91. The van der Waals surface area contributed by atoms with Crippen molar-refractivity contribution in [1.82, 2.24) is 0 Å². The molecule has 3 nitrogen and oxygen atoms in total.